The average molecular weight is 515 g/mol. The van der Waals surface area contributed by atoms with E-state index in [1.807, 2.05) is 13.8 Å². The molecule has 0 amide bonds. The number of fused-ring (bicyclic) bond motifs is 5. The molecule has 3 fully saturated rings. The Morgan fingerprint density at radius 1 is 1.14 bits per heavy atom. The van der Waals surface area contributed by atoms with E-state index in [0.717, 1.165) is 5.57 Å². The molecular formula is C29H38O8. The summed E-state index contributed by atoms with van der Waals surface area (Å²) in [6.07, 6.45) is 0.880. The first kappa shape index (κ1) is 26.4. The largest absolute Gasteiger partial charge is 0.456 e. The van der Waals surface area contributed by atoms with Gasteiger partial charge in [-0.25, -0.2) is 4.79 Å². The van der Waals surface area contributed by atoms with Crippen molar-refractivity contribution in [1.82, 2.24) is 0 Å². The van der Waals surface area contributed by atoms with Gasteiger partial charge in [-0.2, -0.15) is 0 Å². The molecule has 3 saturated carbocycles. The molecule has 0 aromatic carbocycles. The number of ketones is 3. The SMILES string of the molecule is CCC1=C(C)C(=O)O[C@@H]([C@](C)(O)[C@H]2CC[C@@]3(O)C4=CC(=O)[C@@H]5C[C@@H](O)C(=O)C[C@]5(C)[C@H]4CC(=O)[C@]23C)C1. The number of ether oxygens (including phenoxy) is 1. The lowest BCUT2D eigenvalue weighted by atomic mass is 9.45. The van der Waals surface area contributed by atoms with E-state index in [9.17, 15) is 34.5 Å². The second-order valence-electron chi connectivity index (χ2n) is 12.7. The van der Waals surface area contributed by atoms with Crippen LogP contribution in [-0.2, 0) is 23.9 Å². The number of hydrogen-bond acceptors (Lipinski definition) is 8. The number of rotatable bonds is 3. The Morgan fingerprint density at radius 3 is 2.46 bits per heavy atom. The summed E-state index contributed by atoms with van der Waals surface area (Å²) in [5.41, 5.74) is -3.65. The Bertz CT molecular complexity index is 1160. The number of carbonyl (C=O) groups excluding carboxylic acids is 4. The number of aliphatic hydroxyl groups excluding tert-OH is 1. The molecule has 3 N–H and O–H groups in total. The van der Waals surface area contributed by atoms with E-state index in [-0.39, 0.29) is 43.0 Å². The van der Waals surface area contributed by atoms with Crippen molar-refractivity contribution < 1.29 is 39.2 Å². The molecule has 8 heteroatoms. The zero-order chi connectivity index (χ0) is 27.3. The van der Waals surface area contributed by atoms with Crippen molar-refractivity contribution >= 4 is 23.3 Å². The zero-order valence-corrected chi connectivity index (χ0v) is 22.3. The number of aliphatic hydroxyl groups is 3. The number of carbonyl (C=O) groups is 4. The van der Waals surface area contributed by atoms with Crippen LogP contribution in [0.5, 0.6) is 0 Å². The topological polar surface area (TPSA) is 138 Å². The molecule has 0 unspecified atom stereocenters. The predicted molar refractivity (Wildman–Crippen MR) is 132 cm³/mol. The van der Waals surface area contributed by atoms with Crippen LogP contribution < -0.4 is 0 Å². The molecule has 0 radical (unpaired) electrons. The van der Waals surface area contributed by atoms with Gasteiger partial charge < -0.3 is 20.1 Å². The molecule has 37 heavy (non-hydrogen) atoms. The number of allylic oxidation sites excluding steroid dienone is 1. The minimum atomic E-state index is -1.68. The quantitative estimate of drug-likeness (QED) is 0.488. The normalized spacial score (nSPS) is 45.5. The van der Waals surface area contributed by atoms with Gasteiger partial charge in [-0.05, 0) is 69.4 Å². The summed E-state index contributed by atoms with van der Waals surface area (Å²) in [5, 5.41) is 34.4. The van der Waals surface area contributed by atoms with Crippen molar-refractivity contribution in [3.63, 3.8) is 0 Å². The van der Waals surface area contributed by atoms with Gasteiger partial charge >= 0.3 is 5.97 Å². The van der Waals surface area contributed by atoms with Crippen LogP contribution >= 0.6 is 0 Å². The van der Waals surface area contributed by atoms with Crippen molar-refractivity contribution in [3.8, 4) is 0 Å². The first-order valence-corrected chi connectivity index (χ1v) is 13.5. The molecular weight excluding hydrogens is 476 g/mol. The van der Waals surface area contributed by atoms with Crippen molar-refractivity contribution in [1.29, 1.82) is 0 Å². The molecule has 5 rings (SSSR count). The van der Waals surface area contributed by atoms with Gasteiger partial charge in [0, 0.05) is 36.7 Å². The van der Waals surface area contributed by atoms with Gasteiger partial charge in [0.25, 0.3) is 0 Å². The van der Waals surface area contributed by atoms with Crippen LogP contribution in [0.3, 0.4) is 0 Å². The van der Waals surface area contributed by atoms with Crippen molar-refractivity contribution in [2.45, 2.75) is 103 Å². The Labute approximate surface area is 217 Å². The van der Waals surface area contributed by atoms with E-state index in [0.29, 0.717) is 30.4 Å². The molecule has 0 spiro atoms. The molecule has 0 bridgehead atoms. The number of Topliss-reactive ketones (excluding diaryl/α,β-unsaturated/α-hetero) is 2. The van der Waals surface area contributed by atoms with Crippen LogP contribution in [0.2, 0.25) is 0 Å². The van der Waals surface area contributed by atoms with E-state index >= 15 is 0 Å². The van der Waals surface area contributed by atoms with Gasteiger partial charge in [-0.1, -0.05) is 19.4 Å². The van der Waals surface area contributed by atoms with E-state index in [1.54, 1.807) is 20.8 Å². The van der Waals surface area contributed by atoms with Gasteiger partial charge in [0.1, 0.15) is 23.6 Å². The van der Waals surface area contributed by atoms with Gasteiger partial charge in [0.05, 0.1) is 11.0 Å². The van der Waals surface area contributed by atoms with Crippen LogP contribution in [0, 0.1) is 28.6 Å². The predicted octanol–water partition coefficient (Wildman–Crippen LogP) is 2.37. The standard InChI is InChI=1S/C29H38O8/c1-6-15-9-24(37-25(34)14(15)2)28(5,35)22-7-8-29(36)17-10-19(30)18-11-20(31)21(32)13-26(18,3)16(17)12-23(33)27(22,29)4/h10,16,18,20,22,24,31,35-36H,6-9,11-13H2,1-5H3/t16-,18-,20+,22-,24+,26+,27-,28+,29+/m0/s1. The third kappa shape index (κ3) is 3.31. The number of cyclic esters (lactones) is 1. The highest BCUT2D eigenvalue weighted by Gasteiger charge is 2.72. The van der Waals surface area contributed by atoms with Crippen LogP contribution in [0.25, 0.3) is 0 Å². The first-order chi connectivity index (χ1) is 17.1. The maximum absolute atomic E-state index is 14.0. The molecule has 5 aliphatic rings. The Kier molecular flexibility index (Phi) is 5.84. The van der Waals surface area contributed by atoms with Crippen molar-refractivity contribution in [3.05, 3.63) is 22.8 Å². The van der Waals surface area contributed by atoms with Gasteiger partial charge in [0.2, 0.25) is 0 Å². The second-order valence-corrected chi connectivity index (χ2v) is 12.7. The lowest BCUT2D eigenvalue weighted by molar-refractivity contribution is -0.191. The van der Waals surface area contributed by atoms with Crippen LogP contribution in [0.4, 0.5) is 0 Å². The number of hydrogen-bond donors (Lipinski definition) is 3. The van der Waals surface area contributed by atoms with E-state index in [1.165, 1.54) is 6.08 Å². The monoisotopic (exact) mass is 514 g/mol. The molecule has 0 saturated heterocycles. The molecule has 1 heterocycles. The minimum Gasteiger partial charge on any atom is -0.456 e. The third-order valence-electron chi connectivity index (χ3n) is 11.1. The summed E-state index contributed by atoms with van der Waals surface area (Å²) in [5.74, 6) is -3.12. The van der Waals surface area contributed by atoms with Crippen molar-refractivity contribution in [2.24, 2.45) is 28.6 Å². The highest BCUT2D eigenvalue weighted by atomic mass is 16.6. The van der Waals surface area contributed by atoms with Gasteiger partial charge in [-0.3, -0.25) is 14.4 Å². The summed E-state index contributed by atoms with van der Waals surface area (Å²) in [4.78, 5) is 52.5. The van der Waals surface area contributed by atoms with Crippen LogP contribution in [-0.4, -0.2) is 62.0 Å². The molecule has 9 atom stereocenters. The average Bonchev–Trinajstić information content (AvgIpc) is 3.12. The minimum absolute atomic E-state index is 0.0232. The van der Waals surface area contributed by atoms with Gasteiger partial charge in [0.15, 0.2) is 11.6 Å². The summed E-state index contributed by atoms with van der Waals surface area (Å²) < 4.78 is 5.66. The van der Waals surface area contributed by atoms with Crippen LogP contribution in [0.15, 0.2) is 22.8 Å². The fourth-order valence-electron chi connectivity index (χ4n) is 8.58. The van der Waals surface area contributed by atoms with E-state index in [2.05, 4.69) is 0 Å². The second kappa shape index (κ2) is 8.17. The Balaban J connectivity index is 1.55. The molecule has 4 aliphatic carbocycles. The fraction of sp³-hybridized carbons (Fsp3) is 0.724. The molecule has 8 nitrogen and oxygen atoms in total. The fourth-order valence-corrected chi connectivity index (χ4v) is 8.58. The molecule has 1 aliphatic heterocycles. The first-order valence-electron chi connectivity index (χ1n) is 13.5. The highest BCUT2D eigenvalue weighted by Crippen LogP contribution is 2.67. The zero-order valence-electron chi connectivity index (χ0n) is 22.3. The third-order valence-corrected chi connectivity index (χ3v) is 11.1. The maximum Gasteiger partial charge on any atom is 0.334 e. The van der Waals surface area contributed by atoms with E-state index < -0.39 is 58.0 Å². The smallest absolute Gasteiger partial charge is 0.334 e. The lowest BCUT2D eigenvalue weighted by Crippen LogP contribution is -2.66. The van der Waals surface area contributed by atoms with E-state index in [4.69, 9.17) is 4.74 Å². The van der Waals surface area contributed by atoms with Crippen LogP contribution in [0.1, 0.15) is 79.6 Å². The number of esters is 1. The molecule has 0 aromatic rings. The molecule has 202 valence electrons. The summed E-state index contributed by atoms with van der Waals surface area (Å²) in [7, 11) is 0. The highest BCUT2D eigenvalue weighted by molar-refractivity contribution is 6.00. The maximum atomic E-state index is 14.0. The lowest BCUT2D eigenvalue weighted by Gasteiger charge is -2.59. The van der Waals surface area contributed by atoms with Crippen molar-refractivity contribution in [2.75, 3.05) is 0 Å². The molecule has 0 aromatic heterocycles. The summed E-state index contributed by atoms with van der Waals surface area (Å²) in [6.45, 7) is 8.72. The van der Waals surface area contributed by atoms with Gasteiger partial charge in [-0.15, -0.1) is 0 Å². The Morgan fingerprint density at radius 2 is 1.81 bits per heavy atom. The summed E-state index contributed by atoms with van der Waals surface area (Å²) >= 11 is 0. The Hall–Kier alpha value is -2.16. The summed E-state index contributed by atoms with van der Waals surface area (Å²) in [6, 6.07) is 0.